The van der Waals surface area contributed by atoms with Crippen LogP contribution >= 0.6 is 0 Å². The summed E-state index contributed by atoms with van der Waals surface area (Å²) in [5, 5.41) is 7.18. The Morgan fingerprint density at radius 3 is 3.11 bits per heavy atom. The normalized spacial score (nSPS) is 19.8. The van der Waals surface area contributed by atoms with Gasteiger partial charge in [-0.2, -0.15) is 5.10 Å². The van der Waals surface area contributed by atoms with Crippen molar-refractivity contribution in [3.63, 3.8) is 0 Å². The van der Waals surface area contributed by atoms with Crippen LogP contribution in [0.3, 0.4) is 0 Å². The van der Waals surface area contributed by atoms with Crippen molar-refractivity contribution in [3.8, 4) is 5.75 Å². The largest absolute Gasteiger partial charge is 0.487 e. The Morgan fingerprint density at radius 1 is 1.63 bits per heavy atom. The molecule has 1 aliphatic heterocycles. The number of pyridine rings is 1. The first-order valence-electron chi connectivity index (χ1n) is 6.29. The quantitative estimate of drug-likeness (QED) is 0.525. The molecule has 0 aromatic carbocycles. The first-order chi connectivity index (χ1) is 9.33. The number of nitrogens with two attached hydrogens (primary N) is 1. The molecule has 102 valence electrons. The maximum Gasteiger partial charge on any atom is 0.138 e. The van der Waals surface area contributed by atoms with E-state index >= 15 is 0 Å². The van der Waals surface area contributed by atoms with Crippen LogP contribution < -0.4 is 21.2 Å². The number of nitrogens with one attached hydrogen (secondary N) is 2. The minimum absolute atomic E-state index is 0.239. The fraction of sp³-hybridized carbons (Fsp3) is 0.385. The lowest BCUT2D eigenvalue weighted by molar-refractivity contribution is 0.222. The van der Waals surface area contributed by atoms with E-state index < -0.39 is 0 Å². The third-order valence-corrected chi connectivity index (χ3v) is 2.86. The number of hydrazone groups is 1. The molecule has 2 rings (SSSR count). The van der Waals surface area contributed by atoms with Gasteiger partial charge in [-0.3, -0.25) is 4.98 Å². The molecule has 0 aliphatic carbocycles. The van der Waals surface area contributed by atoms with Crippen LogP contribution in [0.2, 0.25) is 0 Å². The van der Waals surface area contributed by atoms with Crippen molar-refractivity contribution < 1.29 is 4.74 Å². The summed E-state index contributed by atoms with van der Waals surface area (Å²) >= 11 is 0. The minimum Gasteiger partial charge on any atom is -0.487 e. The van der Waals surface area contributed by atoms with E-state index in [-0.39, 0.29) is 6.10 Å². The van der Waals surface area contributed by atoms with E-state index in [4.69, 9.17) is 10.5 Å². The van der Waals surface area contributed by atoms with Crippen LogP contribution in [-0.4, -0.2) is 37.4 Å². The van der Waals surface area contributed by atoms with Crippen molar-refractivity contribution in [2.75, 3.05) is 20.1 Å². The van der Waals surface area contributed by atoms with E-state index in [0.29, 0.717) is 0 Å². The Labute approximate surface area is 112 Å². The highest BCUT2D eigenvalue weighted by Gasteiger charge is 2.15. The fourth-order valence-electron chi connectivity index (χ4n) is 1.87. The van der Waals surface area contributed by atoms with Gasteiger partial charge in [0, 0.05) is 25.4 Å². The molecule has 0 unspecified atom stereocenters. The topological polar surface area (TPSA) is 84.6 Å². The third-order valence-electron chi connectivity index (χ3n) is 2.86. The predicted octanol–water partition coefficient (Wildman–Crippen LogP) is 0.327. The number of aromatic nitrogens is 1. The van der Waals surface area contributed by atoms with E-state index in [0.717, 1.165) is 36.5 Å². The van der Waals surface area contributed by atoms with Gasteiger partial charge in [-0.15, -0.1) is 0 Å². The van der Waals surface area contributed by atoms with Crippen LogP contribution in [0.15, 0.2) is 29.6 Å². The maximum atomic E-state index is 5.80. The summed E-state index contributed by atoms with van der Waals surface area (Å²) in [5.41, 5.74) is 9.75. The zero-order valence-corrected chi connectivity index (χ0v) is 11.0. The summed E-state index contributed by atoms with van der Waals surface area (Å²) < 4.78 is 5.80. The summed E-state index contributed by atoms with van der Waals surface area (Å²) in [6.45, 7) is 1.90. The van der Waals surface area contributed by atoms with Crippen molar-refractivity contribution in [1.29, 1.82) is 0 Å². The molecule has 0 spiro atoms. The van der Waals surface area contributed by atoms with E-state index in [1.807, 2.05) is 12.1 Å². The van der Waals surface area contributed by atoms with Crippen LogP contribution in [0.1, 0.15) is 12.1 Å². The van der Waals surface area contributed by atoms with Crippen molar-refractivity contribution in [1.82, 2.24) is 15.7 Å². The average molecular weight is 261 g/mol. The van der Waals surface area contributed by atoms with E-state index in [1.54, 1.807) is 19.5 Å². The highest BCUT2D eigenvalue weighted by Crippen LogP contribution is 2.16. The lowest BCUT2D eigenvalue weighted by Crippen LogP contribution is -2.19. The molecular weight excluding hydrogens is 242 g/mol. The number of allylic oxidation sites excluding steroid dienone is 1. The molecule has 1 aromatic rings. The second-order valence-electron chi connectivity index (χ2n) is 4.22. The molecule has 2 heterocycles. The lowest BCUT2D eigenvalue weighted by atomic mass is 10.2. The molecule has 1 atom stereocenters. The molecule has 1 aliphatic rings. The van der Waals surface area contributed by atoms with Crippen LogP contribution in [0.5, 0.6) is 5.75 Å². The second kappa shape index (κ2) is 6.75. The molecule has 0 radical (unpaired) electrons. The molecule has 0 saturated carbocycles. The van der Waals surface area contributed by atoms with Crippen LogP contribution in [0.4, 0.5) is 0 Å². The number of ether oxygens (including phenoxy) is 1. The van der Waals surface area contributed by atoms with Gasteiger partial charge in [-0.1, -0.05) is 0 Å². The highest BCUT2D eigenvalue weighted by molar-refractivity contribution is 6.08. The zero-order chi connectivity index (χ0) is 13.5. The van der Waals surface area contributed by atoms with Crippen LogP contribution in [0.25, 0.3) is 5.57 Å². The van der Waals surface area contributed by atoms with Gasteiger partial charge in [0.15, 0.2) is 0 Å². The van der Waals surface area contributed by atoms with Gasteiger partial charge < -0.3 is 21.2 Å². The minimum atomic E-state index is 0.239. The molecule has 6 heteroatoms. The number of nitrogens with zero attached hydrogens (tertiary/aromatic N) is 2. The molecule has 1 saturated heterocycles. The molecule has 1 aromatic heterocycles. The van der Waals surface area contributed by atoms with Crippen molar-refractivity contribution in [2.24, 2.45) is 10.8 Å². The first kappa shape index (κ1) is 13.4. The van der Waals surface area contributed by atoms with E-state index in [1.165, 1.54) is 6.20 Å². The summed E-state index contributed by atoms with van der Waals surface area (Å²) in [4.78, 5) is 4.33. The van der Waals surface area contributed by atoms with Crippen molar-refractivity contribution in [3.05, 3.63) is 30.2 Å². The van der Waals surface area contributed by atoms with E-state index in [9.17, 15) is 0 Å². The molecule has 0 amide bonds. The Morgan fingerprint density at radius 2 is 2.53 bits per heavy atom. The Kier molecular flexibility index (Phi) is 4.74. The molecular formula is C13H19N5O. The first-order valence-corrected chi connectivity index (χ1v) is 6.29. The Bertz CT molecular complexity index is 449. The SMILES string of the molecule is CNN=CC(=CN)c1ccc(O[C@@H]2CCNC2)cn1. The number of hydrogen-bond acceptors (Lipinski definition) is 6. The van der Waals surface area contributed by atoms with Gasteiger partial charge in [0.2, 0.25) is 0 Å². The van der Waals surface area contributed by atoms with Crippen LogP contribution in [0, 0.1) is 0 Å². The second-order valence-corrected chi connectivity index (χ2v) is 4.22. The van der Waals surface area contributed by atoms with Crippen molar-refractivity contribution >= 4 is 11.8 Å². The number of hydrogen-bond donors (Lipinski definition) is 3. The molecule has 6 nitrogen and oxygen atoms in total. The Hall–Kier alpha value is -2.08. The Balaban J connectivity index is 2.02. The summed E-state index contributed by atoms with van der Waals surface area (Å²) in [5.74, 6) is 0.777. The van der Waals surface area contributed by atoms with Crippen LogP contribution in [-0.2, 0) is 0 Å². The average Bonchev–Trinajstić information content (AvgIpc) is 2.94. The maximum absolute atomic E-state index is 5.80. The third kappa shape index (κ3) is 3.69. The van der Waals surface area contributed by atoms with Gasteiger partial charge in [-0.25, -0.2) is 0 Å². The monoisotopic (exact) mass is 261 g/mol. The summed E-state index contributed by atoms with van der Waals surface area (Å²) in [7, 11) is 1.73. The highest BCUT2D eigenvalue weighted by atomic mass is 16.5. The van der Waals surface area contributed by atoms with Gasteiger partial charge in [0.25, 0.3) is 0 Å². The fourth-order valence-corrected chi connectivity index (χ4v) is 1.87. The lowest BCUT2D eigenvalue weighted by Gasteiger charge is -2.12. The summed E-state index contributed by atoms with van der Waals surface area (Å²) in [6, 6.07) is 3.77. The molecule has 19 heavy (non-hydrogen) atoms. The molecule has 4 N–H and O–H groups in total. The van der Waals surface area contributed by atoms with Crippen molar-refractivity contribution in [2.45, 2.75) is 12.5 Å². The van der Waals surface area contributed by atoms with Gasteiger partial charge in [-0.05, 0) is 25.1 Å². The smallest absolute Gasteiger partial charge is 0.138 e. The number of rotatable bonds is 5. The predicted molar refractivity (Wildman–Crippen MR) is 75.9 cm³/mol. The van der Waals surface area contributed by atoms with E-state index in [2.05, 4.69) is 20.8 Å². The molecule has 0 bridgehead atoms. The molecule has 1 fully saturated rings. The van der Waals surface area contributed by atoms with Gasteiger partial charge in [0.05, 0.1) is 18.1 Å². The zero-order valence-electron chi connectivity index (χ0n) is 11.0. The van der Waals surface area contributed by atoms with Gasteiger partial charge in [0.1, 0.15) is 11.9 Å². The van der Waals surface area contributed by atoms with Gasteiger partial charge >= 0.3 is 0 Å². The standard InChI is InChI=1S/C13H19N5O/c1-15-18-7-10(6-14)13-3-2-11(9-17-13)19-12-4-5-16-8-12/h2-3,6-7,9,12,15-16H,4-5,8,14H2,1H3/t12-/m1/s1. The summed E-state index contributed by atoms with van der Waals surface area (Å²) in [6.07, 6.45) is 6.09.